The molecule has 1 fully saturated rings. The second-order valence-electron chi connectivity index (χ2n) is 8.00. The Balaban J connectivity index is 1.49. The van der Waals surface area contributed by atoms with Gasteiger partial charge in [0.2, 0.25) is 11.8 Å². The van der Waals surface area contributed by atoms with Crippen molar-refractivity contribution in [2.75, 3.05) is 23.3 Å². The summed E-state index contributed by atoms with van der Waals surface area (Å²) in [6.45, 7) is 5.44. The van der Waals surface area contributed by atoms with Gasteiger partial charge >= 0.3 is 0 Å². The summed E-state index contributed by atoms with van der Waals surface area (Å²) in [5.74, 6) is -0.445. The Morgan fingerprint density at radius 3 is 2.30 bits per heavy atom. The number of rotatable bonds is 7. The van der Waals surface area contributed by atoms with Gasteiger partial charge in [-0.15, -0.1) is 0 Å². The lowest BCUT2D eigenvalue weighted by molar-refractivity contribution is -0.122. The lowest BCUT2D eigenvalue weighted by Crippen LogP contribution is -2.38. The van der Waals surface area contributed by atoms with E-state index in [1.54, 1.807) is 0 Å². The summed E-state index contributed by atoms with van der Waals surface area (Å²) in [7, 11) is 0. The average Bonchev–Trinajstić information content (AvgIpc) is 2.74. The first kappa shape index (κ1) is 21.6. The molecule has 1 heterocycles. The van der Waals surface area contributed by atoms with E-state index in [1.165, 1.54) is 0 Å². The standard InChI is InChI=1S/C24H29N3O3/c1-16-3-4-17(2)21(15-16)22(28)9-10-23(29)26-19-5-7-20(8-6-19)27-13-11-18(12-14-27)24(25)30/h3-8,15,18H,9-14H2,1-2H3,(H2,25,30)(H,26,29). The predicted octanol–water partition coefficient (Wildman–Crippen LogP) is 3.61. The number of piperidine rings is 1. The van der Waals surface area contributed by atoms with E-state index in [1.807, 2.05) is 56.3 Å². The fourth-order valence-corrected chi connectivity index (χ4v) is 3.80. The minimum absolute atomic E-state index is 0.0129. The highest BCUT2D eigenvalue weighted by Crippen LogP contribution is 2.24. The highest BCUT2D eigenvalue weighted by atomic mass is 16.2. The molecule has 0 atom stereocenters. The van der Waals surface area contributed by atoms with Gasteiger partial charge in [0.05, 0.1) is 0 Å². The summed E-state index contributed by atoms with van der Waals surface area (Å²) in [4.78, 5) is 38.2. The number of carbonyl (C=O) groups excluding carboxylic acids is 3. The second-order valence-corrected chi connectivity index (χ2v) is 8.00. The molecule has 2 aromatic carbocycles. The monoisotopic (exact) mass is 407 g/mol. The van der Waals surface area contributed by atoms with E-state index in [4.69, 9.17) is 5.73 Å². The molecule has 0 unspecified atom stereocenters. The van der Waals surface area contributed by atoms with Crippen LogP contribution in [0.15, 0.2) is 42.5 Å². The van der Waals surface area contributed by atoms with Crippen molar-refractivity contribution in [3.05, 3.63) is 59.2 Å². The molecule has 3 rings (SSSR count). The third-order valence-electron chi connectivity index (χ3n) is 5.69. The molecule has 0 bridgehead atoms. The Bertz CT molecular complexity index is 929. The third-order valence-corrected chi connectivity index (χ3v) is 5.69. The number of carbonyl (C=O) groups is 3. The van der Waals surface area contributed by atoms with Gasteiger partial charge in [0.25, 0.3) is 0 Å². The average molecular weight is 408 g/mol. The van der Waals surface area contributed by atoms with Gasteiger partial charge in [-0.3, -0.25) is 14.4 Å². The predicted molar refractivity (Wildman–Crippen MR) is 119 cm³/mol. The number of aryl methyl sites for hydroxylation is 2. The van der Waals surface area contributed by atoms with Gasteiger partial charge < -0.3 is 16.0 Å². The lowest BCUT2D eigenvalue weighted by Gasteiger charge is -2.32. The highest BCUT2D eigenvalue weighted by molar-refractivity contribution is 6.01. The molecule has 2 amide bonds. The Hall–Kier alpha value is -3.15. The van der Waals surface area contributed by atoms with E-state index < -0.39 is 0 Å². The van der Waals surface area contributed by atoms with E-state index in [9.17, 15) is 14.4 Å². The van der Waals surface area contributed by atoms with Gasteiger partial charge in [-0.25, -0.2) is 0 Å². The van der Waals surface area contributed by atoms with Gasteiger partial charge in [-0.1, -0.05) is 17.7 Å². The number of hydrogen-bond acceptors (Lipinski definition) is 4. The zero-order chi connectivity index (χ0) is 21.7. The zero-order valence-corrected chi connectivity index (χ0v) is 17.6. The highest BCUT2D eigenvalue weighted by Gasteiger charge is 2.23. The maximum Gasteiger partial charge on any atom is 0.224 e. The largest absolute Gasteiger partial charge is 0.371 e. The molecule has 6 heteroatoms. The molecule has 0 aliphatic carbocycles. The first-order chi connectivity index (χ1) is 14.3. The van der Waals surface area contributed by atoms with Crippen molar-refractivity contribution in [3.8, 4) is 0 Å². The van der Waals surface area contributed by atoms with E-state index in [0.29, 0.717) is 11.3 Å². The second kappa shape index (κ2) is 9.57. The number of nitrogens with one attached hydrogen (secondary N) is 1. The summed E-state index contributed by atoms with van der Waals surface area (Å²) in [5, 5.41) is 2.86. The fourth-order valence-electron chi connectivity index (χ4n) is 3.80. The van der Waals surface area contributed by atoms with Crippen LogP contribution in [0.4, 0.5) is 11.4 Å². The summed E-state index contributed by atoms with van der Waals surface area (Å²) in [6, 6.07) is 13.4. The Morgan fingerprint density at radius 1 is 1.00 bits per heavy atom. The number of Topliss-reactive ketones (excluding diaryl/α,β-unsaturated/α-hetero) is 1. The molecule has 0 spiro atoms. The van der Waals surface area contributed by atoms with Crippen LogP contribution >= 0.6 is 0 Å². The zero-order valence-electron chi connectivity index (χ0n) is 17.6. The normalized spacial score (nSPS) is 14.4. The summed E-state index contributed by atoms with van der Waals surface area (Å²) in [6.07, 6.45) is 1.86. The molecule has 0 radical (unpaired) electrons. The number of hydrogen-bond donors (Lipinski definition) is 2. The van der Waals surface area contributed by atoms with Crippen molar-refractivity contribution in [2.24, 2.45) is 11.7 Å². The molecule has 1 aliphatic rings. The van der Waals surface area contributed by atoms with Gasteiger partial charge in [-0.05, 0) is 62.6 Å². The van der Waals surface area contributed by atoms with Crippen molar-refractivity contribution in [2.45, 2.75) is 39.5 Å². The van der Waals surface area contributed by atoms with Crippen LogP contribution in [-0.4, -0.2) is 30.7 Å². The molecule has 0 saturated carbocycles. The van der Waals surface area contributed by atoms with E-state index in [0.717, 1.165) is 42.7 Å². The molecule has 1 aliphatic heterocycles. The van der Waals surface area contributed by atoms with Crippen LogP contribution in [0.1, 0.15) is 47.2 Å². The maximum atomic E-state index is 12.4. The van der Waals surface area contributed by atoms with Gasteiger partial charge in [0, 0.05) is 48.8 Å². The third kappa shape index (κ3) is 5.47. The summed E-state index contributed by atoms with van der Waals surface area (Å²) in [5.41, 5.74) is 9.80. The lowest BCUT2D eigenvalue weighted by atomic mass is 9.96. The van der Waals surface area contributed by atoms with Crippen LogP contribution in [0.3, 0.4) is 0 Å². The van der Waals surface area contributed by atoms with Gasteiger partial charge in [-0.2, -0.15) is 0 Å². The number of amides is 2. The molecule has 3 N–H and O–H groups in total. The Morgan fingerprint density at radius 2 is 1.67 bits per heavy atom. The van der Waals surface area contributed by atoms with Gasteiger partial charge in [0.15, 0.2) is 5.78 Å². The Kier molecular flexibility index (Phi) is 6.87. The van der Waals surface area contributed by atoms with Crippen molar-refractivity contribution in [1.29, 1.82) is 0 Å². The molecule has 2 aromatic rings. The number of anilines is 2. The van der Waals surface area contributed by atoms with Gasteiger partial charge in [0.1, 0.15) is 0 Å². The number of primary amides is 1. The summed E-state index contributed by atoms with van der Waals surface area (Å²) < 4.78 is 0. The smallest absolute Gasteiger partial charge is 0.224 e. The molecule has 158 valence electrons. The van der Waals surface area contributed by atoms with Crippen LogP contribution < -0.4 is 16.0 Å². The van der Waals surface area contributed by atoms with Crippen molar-refractivity contribution in [1.82, 2.24) is 0 Å². The SMILES string of the molecule is Cc1ccc(C)c(C(=O)CCC(=O)Nc2ccc(N3CCC(C(N)=O)CC3)cc2)c1. The van der Waals surface area contributed by atoms with Crippen molar-refractivity contribution >= 4 is 29.0 Å². The quantitative estimate of drug-likeness (QED) is 0.686. The van der Waals surface area contributed by atoms with E-state index in [-0.39, 0.29) is 36.4 Å². The first-order valence-electron chi connectivity index (χ1n) is 10.4. The number of ketones is 1. The van der Waals surface area contributed by atoms with E-state index >= 15 is 0 Å². The molecule has 1 saturated heterocycles. The topological polar surface area (TPSA) is 92.5 Å². The summed E-state index contributed by atoms with van der Waals surface area (Å²) >= 11 is 0. The first-order valence-corrected chi connectivity index (χ1v) is 10.4. The minimum atomic E-state index is -0.219. The van der Waals surface area contributed by atoms with Crippen LogP contribution in [0.2, 0.25) is 0 Å². The van der Waals surface area contributed by atoms with Crippen LogP contribution in [0, 0.1) is 19.8 Å². The Labute approximate surface area is 177 Å². The van der Waals surface area contributed by atoms with E-state index in [2.05, 4.69) is 10.2 Å². The molecule has 0 aromatic heterocycles. The molecular weight excluding hydrogens is 378 g/mol. The maximum absolute atomic E-state index is 12.4. The van der Waals surface area contributed by atoms with Crippen molar-refractivity contribution < 1.29 is 14.4 Å². The van der Waals surface area contributed by atoms with Crippen LogP contribution in [0.5, 0.6) is 0 Å². The number of nitrogens with two attached hydrogens (primary N) is 1. The molecular formula is C24H29N3O3. The van der Waals surface area contributed by atoms with Crippen molar-refractivity contribution in [3.63, 3.8) is 0 Å². The molecule has 6 nitrogen and oxygen atoms in total. The fraction of sp³-hybridized carbons (Fsp3) is 0.375. The number of benzene rings is 2. The van der Waals surface area contributed by atoms with Crippen LogP contribution in [0.25, 0.3) is 0 Å². The number of nitrogens with zero attached hydrogens (tertiary/aromatic N) is 1. The molecule has 30 heavy (non-hydrogen) atoms. The minimum Gasteiger partial charge on any atom is -0.371 e. The van der Waals surface area contributed by atoms with Crippen LogP contribution in [-0.2, 0) is 9.59 Å².